The Hall–Kier alpha value is -2.46. The van der Waals surface area contributed by atoms with E-state index in [2.05, 4.69) is 4.72 Å². The van der Waals surface area contributed by atoms with Crippen LogP contribution in [0.2, 0.25) is 0 Å². The molecule has 2 aromatic rings. The normalized spacial score (nSPS) is 11.0. The minimum atomic E-state index is -4.11. The summed E-state index contributed by atoms with van der Waals surface area (Å²) in [6, 6.07) is 8.30. The number of nitrogens with one attached hydrogen (secondary N) is 1. The van der Waals surface area contributed by atoms with Crippen LogP contribution < -0.4 is 4.72 Å². The van der Waals surface area contributed by atoms with Gasteiger partial charge in [-0.3, -0.25) is 4.72 Å². The van der Waals surface area contributed by atoms with Crippen LogP contribution in [0.3, 0.4) is 0 Å². The number of aryl methyl sites for hydroxylation is 1. The Bertz CT molecular complexity index is 843. The maximum Gasteiger partial charge on any atom is 0.262 e. The average molecular weight is 308 g/mol. The van der Waals surface area contributed by atoms with Crippen molar-refractivity contribution in [2.75, 3.05) is 4.72 Å². The number of benzene rings is 2. The lowest BCUT2D eigenvalue weighted by Gasteiger charge is -2.10. The van der Waals surface area contributed by atoms with Crippen molar-refractivity contribution in [3.05, 3.63) is 59.2 Å². The summed E-state index contributed by atoms with van der Waals surface area (Å²) in [5, 5.41) is 8.71. The first kappa shape index (κ1) is 14.9. The van der Waals surface area contributed by atoms with Gasteiger partial charge in [0.05, 0.1) is 16.1 Å². The molecule has 0 bridgehead atoms. The molecule has 0 aliphatic carbocycles. The Morgan fingerprint density at radius 3 is 2.43 bits per heavy atom. The molecule has 21 heavy (non-hydrogen) atoms. The van der Waals surface area contributed by atoms with E-state index >= 15 is 0 Å². The summed E-state index contributed by atoms with van der Waals surface area (Å²) >= 11 is 0. The van der Waals surface area contributed by atoms with Crippen molar-refractivity contribution in [1.29, 1.82) is 5.26 Å². The van der Waals surface area contributed by atoms with Crippen LogP contribution in [-0.2, 0) is 10.0 Å². The molecule has 0 unspecified atom stereocenters. The van der Waals surface area contributed by atoms with Crippen molar-refractivity contribution in [2.24, 2.45) is 0 Å². The molecule has 0 spiro atoms. The molecule has 0 heterocycles. The predicted molar refractivity (Wildman–Crippen MR) is 73.1 cm³/mol. The minimum Gasteiger partial charge on any atom is -0.277 e. The van der Waals surface area contributed by atoms with E-state index in [1.165, 1.54) is 12.1 Å². The number of hydrogen-bond donors (Lipinski definition) is 1. The smallest absolute Gasteiger partial charge is 0.262 e. The van der Waals surface area contributed by atoms with E-state index in [9.17, 15) is 17.2 Å². The third-order valence-corrected chi connectivity index (χ3v) is 4.10. The Labute approximate surface area is 120 Å². The molecule has 0 fully saturated rings. The number of halogens is 2. The lowest BCUT2D eigenvalue weighted by atomic mass is 10.2. The molecule has 7 heteroatoms. The number of sulfonamides is 1. The standard InChI is InChI=1S/C14H10F2N2O2S/c1-9-2-4-13(16)14(6-9)18-21(19,20)11-3-5-12(15)10(7-11)8-17/h2-7,18H,1H3. The molecule has 0 amide bonds. The topological polar surface area (TPSA) is 70.0 Å². The van der Waals surface area contributed by atoms with Gasteiger partial charge in [-0.05, 0) is 42.8 Å². The van der Waals surface area contributed by atoms with Crippen LogP contribution in [0.5, 0.6) is 0 Å². The van der Waals surface area contributed by atoms with Gasteiger partial charge in [-0.25, -0.2) is 17.2 Å². The lowest BCUT2D eigenvalue weighted by Crippen LogP contribution is -2.14. The van der Waals surface area contributed by atoms with Crippen LogP contribution in [0.4, 0.5) is 14.5 Å². The van der Waals surface area contributed by atoms with E-state index in [-0.39, 0.29) is 10.6 Å². The molecule has 0 saturated heterocycles. The molecule has 0 saturated carbocycles. The van der Waals surface area contributed by atoms with Crippen LogP contribution in [0, 0.1) is 29.9 Å². The summed E-state index contributed by atoms with van der Waals surface area (Å²) < 4.78 is 53.1. The van der Waals surface area contributed by atoms with Crippen LogP contribution in [0.15, 0.2) is 41.3 Å². The van der Waals surface area contributed by atoms with E-state index in [1.807, 2.05) is 0 Å². The summed E-state index contributed by atoms with van der Waals surface area (Å²) in [4.78, 5) is -0.318. The van der Waals surface area contributed by atoms with E-state index < -0.39 is 27.2 Å². The summed E-state index contributed by atoms with van der Waals surface area (Å²) in [6.07, 6.45) is 0. The molecule has 2 rings (SSSR count). The Kier molecular flexibility index (Phi) is 3.91. The van der Waals surface area contributed by atoms with E-state index in [0.29, 0.717) is 5.56 Å². The lowest BCUT2D eigenvalue weighted by molar-refractivity contribution is 0.596. The average Bonchev–Trinajstić information content (AvgIpc) is 2.43. The van der Waals surface area contributed by atoms with Crippen molar-refractivity contribution < 1.29 is 17.2 Å². The first-order chi connectivity index (χ1) is 9.83. The van der Waals surface area contributed by atoms with Crippen molar-refractivity contribution in [3.63, 3.8) is 0 Å². The van der Waals surface area contributed by atoms with Crippen LogP contribution >= 0.6 is 0 Å². The molecule has 0 atom stereocenters. The maximum atomic E-state index is 13.6. The number of hydrogen-bond acceptors (Lipinski definition) is 3. The second kappa shape index (κ2) is 5.50. The minimum absolute atomic E-state index is 0.210. The maximum absolute atomic E-state index is 13.6. The number of rotatable bonds is 3. The highest BCUT2D eigenvalue weighted by Gasteiger charge is 2.18. The van der Waals surface area contributed by atoms with E-state index in [1.54, 1.807) is 13.0 Å². The Morgan fingerprint density at radius 1 is 1.10 bits per heavy atom. The highest BCUT2D eigenvalue weighted by atomic mass is 32.2. The zero-order valence-corrected chi connectivity index (χ0v) is 11.7. The fourth-order valence-electron chi connectivity index (χ4n) is 1.68. The summed E-state index contributed by atoms with van der Waals surface area (Å²) in [5.74, 6) is -1.55. The van der Waals surface area contributed by atoms with Crippen molar-refractivity contribution >= 4 is 15.7 Å². The second-order valence-corrected chi connectivity index (χ2v) is 6.02. The molecule has 0 radical (unpaired) electrons. The van der Waals surface area contributed by atoms with E-state index in [0.717, 1.165) is 24.3 Å². The summed E-state index contributed by atoms with van der Waals surface area (Å²) in [5.41, 5.74) is 0.0614. The van der Waals surface area contributed by atoms with Crippen molar-refractivity contribution in [1.82, 2.24) is 0 Å². The Morgan fingerprint density at radius 2 is 1.76 bits per heavy atom. The molecule has 4 nitrogen and oxygen atoms in total. The quantitative estimate of drug-likeness (QED) is 0.947. The molecule has 1 N–H and O–H groups in total. The van der Waals surface area contributed by atoms with E-state index in [4.69, 9.17) is 5.26 Å². The van der Waals surface area contributed by atoms with Crippen LogP contribution in [0.1, 0.15) is 11.1 Å². The van der Waals surface area contributed by atoms with Gasteiger partial charge >= 0.3 is 0 Å². The fraction of sp³-hybridized carbons (Fsp3) is 0.0714. The van der Waals surface area contributed by atoms with Crippen molar-refractivity contribution in [3.8, 4) is 6.07 Å². The largest absolute Gasteiger partial charge is 0.277 e. The zero-order chi connectivity index (χ0) is 15.6. The van der Waals surface area contributed by atoms with Gasteiger partial charge in [-0.2, -0.15) is 5.26 Å². The molecular weight excluding hydrogens is 298 g/mol. The molecule has 0 aliphatic heterocycles. The van der Waals surface area contributed by atoms with Crippen LogP contribution in [-0.4, -0.2) is 8.42 Å². The number of anilines is 1. The summed E-state index contributed by atoms with van der Waals surface area (Å²) in [7, 11) is -4.11. The van der Waals surface area contributed by atoms with Gasteiger partial charge in [0.2, 0.25) is 0 Å². The van der Waals surface area contributed by atoms with Gasteiger partial charge in [0.15, 0.2) is 0 Å². The number of nitrogens with zero attached hydrogens (tertiary/aromatic N) is 1. The molecule has 0 aromatic heterocycles. The zero-order valence-electron chi connectivity index (χ0n) is 10.9. The first-order valence-electron chi connectivity index (χ1n) is 5.82. The highest BCUT2D eigenvalue weighted by Crippen LogP contribution is 2.21. The van der Waals surface area contributed by atoms with Gasteiger partial charge < -0.3 is 0 Å². The highest BCUT2D eigenvalue weighted by molar-refractivity contribution is 7.92. The number of nitriles is 1. The van der Waals surface area contributed by atoms with Gasteiger partial charge in [0.25, 0.3) is 10.0 Å². The van der Waals surface area contributed by atoms with Crippen molar-refractivity contribution in [2.45, 2.75) is 11.8 Å². The third kappa shape index (κ3) is 3.17. The molecular formula is C14H10F2N2O2S. The predicted octanol–water partition coefficient (Wildman–Crippen LogP) is 2.95. The third-order valence-electron chi connectivity index (χ3n) is 2.73. The van der Waals surface area contributed by atoms with Gasteiger partial charge in [-0.1, -0.05) is 6.07 Å². The van der Waals surface area contributed by atoms with Gasteiger partial charge in [0.1, 0.15) is 17.7 Å². The molecule has 0 aliphatic rings. The SMILES string of the molecule is Cc1ccc(F)c(NS(=O)(=O)c2ccc(F)c(C#N)c2)c1. The monoisotopic (exact) mass is 308 g/mol. The molecule has 108 valence electrons. The first-order valence-corrected chi connectivity index (χ1v) is 7.30. The van der Waals surface area contributed by atoms with Crippen LogP contribution in [0.25, 0.3) is 0 Å². The van der Waals surface area contributed by atoms with Gasteiger partial charge in [-0.15, -0.1) is 0 Å². The Balaban J connectivity index is 2.44. The summed E-state index contributed by atoms with van der Waals surface area (Å²) in [6.45, 7) is 1.68. The van der Waals surface area contributed by atoms with Gasteiger partial charge in [0, 0.05) is 0 Å². The fourth-order valence-corrected chi connectivity index (χ4v) is 2.76. The second-order valence-electron chi connectivity index (χ2n) is 4.34. The molecule has 2 aromatic carbocycles.